The Labute approximate surface area is 126 Å². The van der Waals surface area contributed by atoms with E-state index in [1.165, 1.54) is 0 Å². The minimum atomic E-state index is -3.46. The molecule has 3 N–H and O–H groups in total. The monoisotopic (exact) mass is 304 g/mol. The summed E-state index contributed by atoms with van der Waals surface area (Å²) in [5.74, 6) is 0. The Hall–Kier alpha value is -1.85. The fraction of sp³-hybridized carbons (Fsp3) is 0.250. The second kappa shape index (κ2) is 6.74. The smallest absolute Gasteiger partial charge is 0.240 e. The van der Waals surface area contributed by atoms with E-state index >= 15 is 0 Å². The van der Waals surface area contributed by atoms with Gasteiger partial charge in [0.15, 0.2) is 0 Å². The Balaban J connectivity index is 2.03. The number of hydrogen-bond acceptors (Lipinski definition) is 3. The van der Waals surface area contributed by atoms with Crippen LogP contribution >= 0.6 is 0 Å². The van der Waals surface area contributed by atoms with E-state index in [-0.39, 0.29) is 0 Å². The van der Waals surface area contributed by atoms with Crippen LogP contribution in [-0.2, 0) is 22.9 Å². The van der Waals surface area contributed by atoms with E-state index in [1.54, 1.807) is 12.1 Å². The van der Waals surface area contributed by atoms with Crippen LogP contribution in [0.5, 0.6) is 0 Å². The maximum Gasteiger partial charge on any atom is 0.240 e. The first-order valence-corrected chi connectivity index (χ1v) is 8.43. The third-order valence-electron chi connectivity index (χ3n) is 3.33. The molecule has 0 saturated carbocycles. The van der Waals surface area contributed by atoms with Gasteiger partial charge in [-0.25, -0.2) is 13.1 Å². The van der Waals surface area contributed by atoms with Gasteiger partial charge in [0.1, 0.15) is 0 Å². The van der Waals surface area contributed by atoms with Gasteiger partial charge in [-0.1, -0.05) is 37.3 Å². The van der Waals surface area contributed by atoms with E-state index in [4.69, 9.17) is 5.73 Å². The van der Waals surface area contributed by atoms with Gasteiger partial charge in [0, 0.05) is 12.2 Å². The fourth-order valence-corrected chi connectivity index (χ4v) is 3.49. The highest BCUT2D eigenvalue weighted by Gasteiger charge is 2.16. The molecule has 2 aromatic carbocycles. The molecule has 0 amide bonds. The largest absolute Gasteiger partial charge is 0.399 e. The van der Waals surface area contributed by atoms with Crippen LogP contribution in [0.1, 0.15) is 18.1 Å². The SMILES string of the molecule is CCc1ccccc1S(=O)(=O)NCCc1ccc(N)cc1. The molecule has 112 valence electrons. The van der Waals surface area contributed by atoms with Crippen LogP contribution in [0.4, 0.5) is 5.69 Å². The molecule has 0 aromatic heterocycles. The number of benzene rings is 2. The summed E-state index contributed by atoms with van der Waals surface area (Å²) < 4.78 is 27.3. The van der Waals surface area contributed by atoms with Crippen LogP contribution in [-0.4, -0.2) is 15.0 Å². The molecule has 2 aromatic rings. The number of sulfonamides is 1. The minimum absolute atomic E-state index is 0.365. The van der Waals surface area contributed by atoms with E-state index < -0.39 is 10.0 Å². The maximum atomic E-state index is 12.3. The average Bonchev–Trinajstić information content (AvgIpc) is 2.49. The van der Waals surface area contributed by atoms with Crippen molar-refractivity contribution in [1.29, 1.82) is 0 Å². The number of nitrogen functional groups attached to an aromatic ring is 1. The van der Waals surface area contributed by atoms with E-state index in [1.807, 2.05) is 43.3 Å². The number of aryl methyl sites for hydroxylation is 1. The molecule has 2 rings (SSSR count). The van der Waals surface area contributed by atoms with E-state index in [0.29, 0.717) is 30.0 Å². The lowest BCUT2D eigenvalue weighted by Crippen LogP contribution is -2.26. The van der Waals surface area contributed by atoms with Crippen LogP contribution < -0.4 is 10.5 Å². The Morgan fingerprint density at radius 3 is 2.38 bits per heavy atom. The first-order chi connectivity index (χ1) is 10.0. The molecule has 0 heterocycles. The Morgan fingerprint density at radius 1 is 1.05 bits per heavy atom. The Morgan fingerprint density at radius 2 is 1.71 bits per heavy atom. The number of anilines is 1. The average molecular weight is 304 g/mol. The van der Waals surface area contributed by atoms with E-state index in [2.05, 4.69) is 4.72 Å². The zero-order valence-electron chi connectivity index (χ0n) is 12.0. The van der Waals surface area contributed by atoms with Gasteiger partial charge in [-0.05, 0) is 42.2 Å². The van der Waals surface area contributed by atoms with Crippen LogP contribution in [0.15, 0.2) is 53.4 Å². The molecule has 0 atom stereocenters. The van der Waals surface area contributed by atoms with Crippen LogP contribution in [0.2, 0.25) is 0 Å². The van der Waals surface area contributed by atoms with Crippen molar-refractivity contribution in [2.45, 2.75) is 24.7 Å². The molecule has 0 saturated heterocycles. The zero-order chi connectivity index (χ0) is 15.3. The van der Waals surface area contributed by atoms with Crippen molar-refractivity contribution in [3.05, 3.63) is 59.7 Å². The molecule has 0 fully saturated rings. The van der Waals surface area contributed by atoms with Gasteiger partial charge in [0.05, 0.1) is 4.90 Å². The van der Waals surface area contributed by atoms with Crippen LogP contribution in [0.25, 0.3) is 0 Å². The molecular formula is C16H20N2O2S. The lowest BCUT2D eigenvalue weighted by atomic mass is 10.1. The lowest BCUT2D eigenvalue weighted by molar-refractivity contribution is 0.580. The number of nitrogens with two attached hydrogens (primary N) is 1. The van der Waals surface area contributed by atoms with Crippen molar-refractivity contribution in [2.24, 2.45) is 0 Å². The second-order valence-electron chi connectivity index (χ2n) is 4.85. The first-order valence-electron chi connectivity index (χ1n) is 6.95. The van der Waals surface area contributed by atoms with Gasteiger partial charge in [-0.2, -0.15) is 0 Å². The summed E-state index contributed by atoms with van der Waals surface area (Å²) in [5.41, 5.74) is 8.21. The fourth-order valence-electron chi connectivity index (χ4n) is 2.15. The lowest BCUT2D eigenvalue weighted by Gasteiger charge is -2.10. The van der Waals surface area contributed by atoms with Gasteiger partial charge in [0.25, 0.3) is 0 Å². The Kier molecular flexibility index (Phi) is 4.98. The maximum absolute atomic E-state index is 12.3. The van der Waals surface area contributed by atoms with E-state index in [9.17, 15) is 8.42 Å². The van der Waals surface area contributed by atoms with Crippen molar-refractivity contribution in [3.63, 3.8) is 0 Å². The van der Waals surface area contributed by atoms with Gasteiger partial charge in [-0.15, -0.1) is 0 Å². The number of nitrogens with one attached hydrogen (secondary N) is 1. The van der Waals surface area contributed by atoms with Crippen molar-refractivity contribution in [1.82, 2.24) is 4.72 Å². The van der Waals surface area contributed by atoms with Crippen LogP contribution in [0.3, 0.4) is 0 Å². The number of hydrogen-bond donors (Lipinski definition) is 2. The normalized spacial score (nSPS) is 11.5. The predicted molar refractivity (Wildman–Crippen MR) is 85.6 cm³/mol. The van der Waals surface area contributed by atoms with Crippen molar-refractivity contribution >= 4 is 15.7 Å². The predicted octanol–water partition coefficient (Wildman–Crippen LogP) is 2.35. The second-order valence-corrected chi connectivity index (χ2v) is 6.59. The zero-order valence-corrected chi connectivity index (χ0v) is 12.9. The van der Waals surface area contributed by atoms with Gasteiger partial charge < -0.3 is 5.73 Å². The molecule has 0 radical (unpaired) electrons. The quantitative estimate of drug-likeness (QED) is 0.805. The number of rotatable bonds is 6. The summed E-state index contributed by atoms with van der Waals surface area (Å²) in [6.45, 7) is 2.31. The summed E-state index contributed by atoms with van der Waals surface area (Å²) in [6, 6.07) is 14.5. The third-order valence-corrected chi connectivity index (χ3v) is 4.89. The molecule has 5 heteroatoms. The molecule has 0 aliphatic rings. The highest BCUT2D eigenvalue weighted by molar-refractivity contribution is 7.89. The summed E-state index contributed by atoms with van der Waals surface area (Å²) in [7, 11) is -3.46. The van der Waals surface area contributed by atoms with Crippen molar-refractivity contribution in [2.75, 3.05) is 12.3 Å². The van der Waals surface area contributed by atoms with Gasteiger partial charge in [0.2, 0.25) is 10.0 Å². The van der Waals surface area contributed by atoms with Crippen LogP contribution in [0, 0.1) is 0 Å². The molecule has 0 spiro atoms. The molecule has 0 bridgehead atoms. The topological polar surface area (TPSA) is 72.2 Å². The molecule has 4 nitrogen and oxygen atoms in total. The van der Waals surface area contributed by atoms with E-state index in [0.717, 1.165) is 11.1 Å². The van der Waals surface area contributed by atoms with Crippen molar-refractivity contribution < 1.29 is 8.42 Å². The summed E-state index contributed by atoms with van der Waals surface area (Å²) in [4.78, 5) is 0.366. The first kappa shape index (κ1) is 15.5. The third kappa shape index (κ3) is 4.06. The Bertz CT molecular complexity index is 694. The summed E-state index contributed by atoms with van der Waals surface area (Å²) in [5, 5.41) is 0. The molecule has 0 aliphatic carbocycles. The molecule has 0 aliphatic heterocycles. The summed E-state index contributed by atoms with van der Waals surface area (Å²) in [6.07, 6.45) is 1.32. The minimum Gasteiger partial charge on any atom is -0.399 e. The molecular weight excluding hydrogens is 284 g/mol. The van der Waals surface area contributed by atoms with Crippen molar-refractivity contribution in [3.8, 4) is 0 Å². The summed E-state index contributed by atoms with van der Waals surface area (Å²) >= 11 is 0. The molecule has 0 unspecified atom stereocenters. The molecule has 21 heavy (non-hydrogen) atoms. The highest BCUT2D eigenvalue weighted by atomic mass is 32.2. The van der Waals surface area contributed by atoms with Gasteiger partial charge in [-0.3, -0.25) is 0 Å². The standard InChI is InChI=1S/C16H20N2O2S/c1-2-14-5-3-4-6-16(14)21(19,20)18-12-11-13-7-9-15(17)10-8-13/h3-10,18H,2,11-12,17H2,1H3. The van der Waals surface area contributed by atoms with Gasteiger partial charge >= 0.3 is 0 Å². The highest BCUT2D eigenvalue weighted by Crippen LogP contribution is 2.15.